The topological polar surface area (TPSA) is 47.6 Å². The first-order valence-electron chi connectivity index (χ1n) is 8.17. The molecule has 1 amide bonds. The zero-order valence-electron chi connectivity index (χ0n) is 14.3. The molecule has 0 bridgehead atoms. The van der Waals surface area contributed by atoms with Crippen molar-refractivity contribution >= 4 is 11.6 Å². The first kappa shape index (κ1) is 18.7. The van der Waals surface area contributed by atoms with Crippen molar-refractivity contribution in [1.82, 2.24) is 0 Å². The Labute approximate surface area is 145 Å². The number of hydrogen-bond donors (Lipinski definition) is 1. The monoisotopic (exact) mass is 349 g/mol. The fraction of sp³-hybridized carbons (Fsp3) is 0.316. The highest BCUT2D eigenvalue weighted by molar-refractivity contribution is 5.90. The maximum absolute atomic E-state index is 13.1. The second kappa shape index (κ2) is 9.01. The van der Waals surface area contributed by atoms with Crippen LogP contribution in [0, 0.1) is 11.6 Å². The second-order valence-electron chi connectivity index (χ2n) is 5.32. The maximum Gasteiger partial charge on any atom is 0.224 e. The predicted octanol–water partition coefficient (Wildman–Crippen LogP) is 4.33. The van der Waals surface area contributed by atoms with Gasteiger partial charge in [0.05, 0.1) is 13.2 Å². The Balaban J connectivity index is 1.96. The van der Waals surface area contributed by atoms with E-state index in [-0.39, 0.29) is 18.0 Å². The molecule has 0 aliphatic rings. The number of hydrogen-bond acceptors (Lipinski definition) is 3. The summed E-state index contributed by atoms with van der Waals surface area (Å²) in [6.07, 6.45) is 0.695. The molecule has 2 aromatic rings. The minimum Gasteiger partial charge on any atom is -0.490 e. The van der Waals surface area contributed by atoms with E-state index in [0.717, 1.165) is 17.7 Å². The third kappa shape index (κ3) is 5.45. The number of rotatable bonds is 8. The van der Waals surface area contributed by atoms with Crippen LogP contribution in [0.25, 0.3) is 0 Å². The summed E-state index contributed by atoms with van der Waals surface area (Å²) in [6, 6.07) is 8.79. The Morgan fingerprint density at radius 1 is 0.960 bits per heavy atom. The van der Waals surface area contributed by atoms with Crippen LogP contribution in [0.3, 0.4) is 0 Å². The third-order valence-corrected chi connectivity index (χ3v) is 3.45. The fourth-order valence-corrected chi connectivity index (χ4v) is 2.31. The lowest BCUT2D eigenvalue weighted by molar-refractivity contribution is -0.116. The van der Waals surface area contributed by atoms with Gasteiger partial charge in [0.2, 0.25) is 5.91 Å². The summed E-state index contributed by atoms with van der Waals surface area (Å²) in [5, 5.41) is 2.55. The van der Waals surface area contributed by atoms with Crippen molar-refractivity contribution in [3.05, 3.63) is 53.6 Å². The number of anilines is 1. The van der Waals surface area contributed by atoms with Gasteiger partial charge in [-0.05, 0) is 50.1 Å². The zero-order valence-corrected chi connectivity index (χ0v) is 14.3. The molecule has 2 rings (SSSR count). The highest BCUT2D eigenvalue weighted by Gasteiger charge is 2.09. The quantitative estimate of drug-likeness (QED) is 0.771. The summed E-state index contributed by atoms with van der Waals surface area (Å²) >= 11 is 0. The van der Waals surface area contributed by atoms with E-state index in [0.29, 0.717) is 31.1 Å². The number of nitrogens with one attached hydrogen (secondary N) is 1. The number of carbonyl (C=O) groups excluding carboxylic acids is 1. The van der Waals surface area contributed by atoms with Gasteiger partial charge in [-0.25, -0.2) is 8.78 Å². The highest BCUT2D eigenvalue weighted by Crippen LogP contribution is 2.29. The van der Waals surface area contributed by atoms with Gasteiger partial charge in [0.25, 0.3) is 0 Å². The molecule has 2 aromatic carbocycles. The molecule has 0 aliphatic heterocycles. The van der Waals surface area contributed by atoms with E-state index in [1.165, 1.54) is 6.07 Å². The molecule has 0 fully saturated rings. The Kier molecular flexibility index (Phi) is 6.74. The molecule has 4 nitrogen and oxygen atoms in total. The van der Waals surface area contributed by atoms with Crippen LogP contribution in [-0.4, -0.2) is 19.1 Å². The van der Waals surface area contributed by atoms with Crippen LogP contribution in [0.2, 0.25) is 0 Å². The molecule has 0 radical (unpaired) electrons. The number of aryl methyl sites for hydroxylation is 1. The lowest BCUT2D eigenvalue weighted by Gasteiger charge is -2.12. The number of benzene rings is 2. The van der Waals surface area contributed by atoms with Gasteiger partial charge in [-0.3, -0.25) is 4.79 Å². The van der Waals surface area contributed by atoms with E-state index >= 15 is 0 Å². The van der Waals surface area contributed by atoms with Gasteiger partial charge in [0, 0.05) is 18.2 Å². The van der Waals surface area contributed by atoms with Crippen LogP contribution >= 0.6 is 0 Å². The fourth-order valence-electron chi connectivity index (χ4n) is 2.31. The number of halogens is 2. The van der Waals surface area contributed by atoms with Crippen molar-refractivity contribution < 1.29 is 23.0 Å². The third-order valence-electron chi connectivity index (χ3n) is 3.45. The minimum absolute atomic E-state index is 0.207. The minimum atomic E-state index is -0.995. The molecular formula is C19H21F2NO3. The lowest BCUT2D eigenvalue weighted by Crippen LogP contribution is -2.12. The molecule has 0 atom stereocenters. The van der Waals surface area contributed by atoms with E-state index < -0.39 is 11.6 Å². The van der Waals surface area contributed by atoms with Crippen molar-refractivity contribution in [3.63, 3.8) is 0 Å². The molecular weight excluding hydrogens is 328 g/mol. The Morgan fingerprint density at radius 3 is 2.36 bits per heavy atom. The summed E-state index contributed by atoms with van der Waals surface area (Å²) < 4.78 is 37.1. The predicted molar refractivity (Wildman–Crippen MR) is 92.1 cm³/mol. The number of ether oxygens (including phenoxy) is 2. The van der Waals surface area contributed by atoms with Crippen molar-refractivity contribution in [2.45, 2.75) is 26.7 Å². The van der Waals surface area contributed by atoms with E-state index in [1.807, 2.05) is 32.0 Å². The van der Waals surface area contributed by atoms with Crippen LogP contribution in [0.1, 0.15) is 25.8 Å². The molecule has 25 heavy (non-hydrogen) atoms. The molecule has 1 N–H and O–H groups in total. The van der Waals surface area contributed by atoms with Gasteiger partial charge in [-0.2, -0.15) is 0 Å². The number of amides is 1. The molecule has 0 unspecified atom stereocenters. The van der Waals surface area contributed by atoms with Crippen LogP contribution in [-0.2, 0) is 11.2 Å². The summed E-state index contributed by atoms with van der Waals surface area (Å²) in [7, 11) is 0. The summed E-state index contributed by atoms with van der Waals surface area (Å²) in [5.41, 5.74) is 1.15. The molecule has 0 spiro atoms. The average Bonchev–Trinajstić information content (AvgIpc) is 2.59. The first-order valence-corrected chi connectivity index (χ1v) is 8.17. The lowest BCUT2D eigenvalue weighted by atomic mass is 10.1. The molecule has 6 heteroatoms. The maximum atomic E-state index is 13.1. The SMILES string of the molecule is CCOc1ccc(CCC(=O)Nc2ccc(F)c(F)c2)cc1OCC. The summed E-state index contributed by atoms with van der Waals surface area (Å²) in [6.45, 7) is 4.83. The summed E-state index contributed by atoms with van der Waals surface area (Å²) in [4.78, 5) is 12.0. The molecule has 0 saturated carbocycles. The van der Waals surface area contributed by atoms with E-state index in [1.54, 1.807) is 0 Å². The Bertz CT molecular complexity index is 735. The van der Waals surface area contributed by atoms with E-state index in [4.69, 9.17) is 9.47 Å². The average molecular weight is 349 g/mol. The van der Waals surface area contributed by atoms with E-state index in [2.05, 4.69) is 5.32 Å². The molecule has 0 saturated heterocycles. The van der Waals surface area contributed by atoms with Crippen molar-refractivity contribution in [1.29, 1.82) is 0 Å². The number of carbonyl (C=O) groups is 1. The highest BCUT2D eigenvalue weighted by atomic mass is 19.2. The van der Waals surface area contributed by atoms with Crippen molar-refractivity contribution in [2.24, 2.45) is 0 Å². The van der Waals surface area contributed by atoms with Gasteiger partial charge < -0.3 is 14.8 Å². The van der Waals surface area contributed by atoms with Crippen LogP contribution in [0.5, 0.6) is 11.5 Å². The van der Waals surface area contributed by atoms with Crippen LogP contribution in [0.4, 0.5) is 14.5 Å². The van der Waals surface area contributed by atoms with Gasteiger partial charge in [-0.1, -0.05) is 6.07 Å². The smallest absolute Gasteiger partial charge is 0.224 e. The second-order valence-corrected chi connectivity index (χ2v) is 5.32. The molecule has 0 aliphatic carbocycles. The summed E-state index contributed by atoms with van der Waals surface area (Å²) in [5.74, 6) is -0.915. The molecule has 134 valence electrons. The van der Waals surface area contributed by atoms with Gasteiger partial charge in [0.15, 0.2) is 23.1 Å². The Hall–Kier alpha value is -2.63. The van der Waals surface area contributed by atoms with Crippen LogP contribution < -0.4 is 14.8 Å². The molecule has 0 aromatic heterocycles. The normalized spacial score (nSPS) is 10.4. The zero-order chi connectivity index (χ0) is 18.2. The van der Waals surface area contributed by atoms with Crippen molar-refractivity contribution in [2.75, 3.05) is 18.5 Å². The van der Waals surface area contributed by atoms with Crippen LogP contribution in [0.15, 0.2) is 36.4 Å². The standard InChI is InChI=1S/C19H21F2NO3/c1-3-24-17-9-5-13(11-18(17)25-4-2)6-10-19(23)22-14-7-8-15(20)16(21)12-14/h5,7-9,11-12H,3-4,6,10H2,1-2H3,(H,22,23). The van der Waals surface area contributed by atoms with E-state index in [9.17, 15) is 13.6 Å². The molecule has 0 heterocycles. The first-order chi connectivity index (χ1) is 12.0. The Morgan fingerprint density at radius 2 is 1.68 bits per heavy atom. The largest absolute Gasteiger partial charge is 0.490 e. The van der Waals surface area contributed by atoms with Gasteiger partial charge in [0.1, 0.15) is 0 Å². The van der Waals surface area contributed by atoms with Gasteiger partial charge in [-0.15, -0.1) is 0 Å². The van der Waals surface area contributed by atoms with Crippen molar-refractivity contribution in [3.8, 4) is 11.5 Å². The van der Waals surface area contributed by atoms with Gasteiger partial charge >= 0.3 is 0 Å².